The molecule has 2 aromatic carbocycles. The monoisotopic (exact) mass is 643 g/mol. The fraction of sp³-hybridized carbons (Fsp3) is 0.371. The van der Waals surface area contributed by atoms with Gasteiger partial charge in [-0.15, -0.1) is 0 Å². The van der Waals surface area contributed by atoms with Crippen molar-refractivity contribution in [3.05, 3.63) is 89.2 Å². The van der Waals surface area contributed by atoms with E-state index in [1.54, 1.807) is 35.4 Å². The predicted octanol–water partition coefficient (Wildman–Crippen LogP) is 6.58. The van der Waals surface area contributed by atoms with Crippen LogP contribution in [0.4, 0.5) is 5.95 Å². The second-order valence-corrected chi connectivity index (χ2v) is 14.8. The Morgan fingerprint density at radius 2 is 1.74 bits per heavy atom. The highest BCUT2D eigenvalue weighted by atomic mass is 32.2. The highest BCUT2D eigenvalue weighted by Crippen LogP contribution is 2.32. The predicted molar refractivity (Wildman–Crippen MR) is 177 cm³/mol. The summed E-state index contributed by atoms with van der Waals surface area (Å²) in [6.07, 6.45) is 2.21. The molecule has 0 fully saturated rings. The molecule has 0 spiro atoms. The van der Waals surface area contributed by atoms with Crippen LogP contribution in [0.25, 0.3) is 11.3 Å². The zero-order valence-corrected chi connectivity index (χ0v) is 28.2. The minimum atomic E-state index is -4.17. The lowest BCUT2D eigenvalue weighted by Gasteiger charge is -2.35. The Morgan fingerprint density at radius 3 is 2.43 bits per heavy atom. The third kappa shape index (κ3) is 7.82. The fourth-order valence-corrected chi connectivity index (χ4v) is 6.60. The van der Waals surface area contributed by atoms with Gasteiger partial charge in [0.25, 0.3) is 15.9 Å². The maximum Gasteiger partial charge on any atom is 0.264 e. The summed E-state index contributed by atoms with van der Waals surface area (Å²) in [7, 11) is -4.17. The van der Waals surface area contributed by atoms with Crippen molar-refractivity contribution in [2.75, 3.05) is 11.3 Å². The smallest absolute Gasteiger partial charge is 0.264 e. The molecule has 2 aromatic heterocycles. The Labute approximate surface area is 271 Å². The van der Waals surface area contributed by atoms with E-state index in [2.05, 4.69) is 40.4 Å². The van der Waals surface area contributed by atoms with E-state index in [1.165, 1.54) is 12.1 Å². The number of aryl methyl sites for hydroxylation is 2. The van der Waals surface area contributed by atoms with Crippen molar-refractivity contribution in [2.45, 2.75) is 78.5 Å². The zero-order chi connectivity index (χ0) is 33.2. The van der Waals surface area contributed by atoms with Crippen LogP contribution >= 0.6 is 0 Å². The first-order valence-corrected chi connectivity index (χ1v) is 16.8. The number of rotatable bonds is 6. The van der Waals surface area contributed by atoms with Gasteiger partial charge in [0, 0.05) is 29.5 Å². The van der Waals surface area contributed by atoms with Gasteiger partial charge in [-0.05, 0) is 74.9 Å². The van der Waals surface area contributed by atoms with Crippen molar-refractivity contribution in [1.29, 1.82) is 0 Å². The quantitative estimate of drug-likeness (QED) is 0.250. The lowest BCUT2D eigenvalue weighted by atomic mass is 9.87. The summed E-state index contributed by atoms with van der Waals surface area (Å²) in [6, 6.07) is 16.8. The molecule has 1 atom stereocenters. The Morgan fingerprint density at radius 1 is 1.02 bits per heavy atom. The van der Waals surface area contributed by atoms with Crippen LogP contribution in [0.5, 0.6) is 11.6 Å². The molecular formula is C35H41N5O5S. The second-order valence-electron chi connectivity index (χ2n) is 13.1. The average molecular weight is 644 g/mol. The minimum Gasteiger partial charge on any atom is -0.491 e. The van der Waals surface area contributed by atoms with Crippen LogP contribution in [-0.2, 0) is 16.6 Å². The van der Waals surface area contributed by atoms with E-state index in [1.807, 2.05) is 52.0 Å². The molecule has 0 saturated carbocycles. The molecule has 4 aromatic rings. The highest BCUT2D eigenvalue weighted by molar-refractivity contribution is 7.92. The van der Waals surface area contributed by atoms with Crippen molar-refractivity contribution in [1.82, 2.24) is 19.9 Å². The number of nitrogens with zero attached hydrogens (tertiary/aromatic N) is 4. The summed E-state index contributed by atoms with van der Waals surface area (Å²) in [5, 5.41) is 0. The molecule has 1 aliphatic heterocycles. The Balaban J connectivity index is 1.66. The largest absolute Gasteiger partial charge is 0.491 e. The van der Waals surface area contributed by atoms with E-state index in [9.17, 15) is 13.2 Å². The molecule has 0 aliphatic carbocycles. The number of hydrogen-bond acceptors (Lipinski definition) is 8. The van der Waals surface area contributed by atoms with Gasteiger partial charge in [0.05, 0.1) is 35.0 Å². The molecule has 242 valence electrons. The van der Waals surface area contributed by atoms with Crippen LogP contribution in [0.1, 0.15) is 68.2 Å². The van der Waals surface area contributed by atoms with Crippen LogP contribution in [0.15, 0.2) is 71.8 Å². The van der Waals surface area contributed by atoms with Crippen LogP contribution in [0, 0.1) is 19.3 Å². The van der Waals surface area contributed by atoms with Gasteiger partial charge < -0.3 is 14.4 Å². The molecule has 1 amide bonds. The van der Waals surface area contributed by atoms with Gasteiger partial charge in [-0.2, -0.15) is 4.98 Å². The number of aromatic nitrogens is 3. The van der Waals surface area contributed by atoms with E-state index >= 15 is 0 Å². The first kappa shape index (κ1) is 32.9. The third-order valence-corrected chi connectivity index (χ3v) is 8.85. The summed E-state index contributed by atoms with van der Waals surface area (Å²) in [5.74, 6) is 0.364. The van der Waals surface area contributed by atoms with E-state index < -0.39 is 16.1 Å². The second kappa shape index (κ2) is 13.1. The minimum absolute atomic E-state index is 0.0334. The van der Waals surface area contributed by atoms with E-state index in [-0.39, 0.29) is 52.9 Å². The first-order valence-electron chi connectivity index (χ1n) is 15.3. The van der Waals surface area contributed by atoms with Gasteiger partial charge in [0.15, 0.2) is 0 Å². The topological polar surface area (TPSA) is 124 Å². The molecule has 4 bridgehead atoms. The lowest BCUT2D eigenvalue weighted by molar-refractivity contribution is 0.0509. The Kier molecular flexibility index (Phi) is 9.34. The molecular weight excluding hydrogens is 602 g/mol. The number of anilines is 1. The number of carbonyl (C=O) groups excluding carboxylic acids is 1. The lowest BCUT2D eigenvalue weighted by Crippen LogP contribution is -2.45. The maximum absolute atomic E-state index is 14.4. The summed E-state index contributed by atoms with van der Waals surface area (Å²) >= 11 is 0. The number of sulfonamides is 1. The molecule has 1 aliphatic rings. The highest BCUT2D eigenvalue weighted by Gasteiger charge is 2.32. The number of ether oxygens (including phenoxy) is 2. The van der Waals surface area contributed by atoms with Crippen LogP contribution < -0.4 is 14.2 Å². The summed E-state index contributed by atoms with van der Waals surface area (Å²) < 4.78 is 42.0. The fourth-order valence-electron chi connectivity index (χ4n) is 5.61. The number of carbonyl (C=O) groups is 1. The molecule has 0 unspecified atom stereocenters. The van der Waals surface area contributed by atoms with Crippen LogP contribution in [-0.4, -0.2) is 52.9 Å². The van der Waals surface area contributed by atoms with Gasteiger partial charge in [-0.25, -0.2) is 18.1 Å². The molecule has 5 rings (SSSR count). The van der Waals surface area contributed by atoms with Crippen LogP contribution in [0.3, 0.4) is 0 Å². The number of benzene rings is 2. The van der Waals surface area contributed by atoms with E-state index in [0.717, 1.165) is 16.7 Å². The van der Waals surface area contributed by atoms with Crippen molar-refractivity contribution < 1.29 is 22.7 Å². The summed E-state index contributed by atoms with van der Waals surface area (Å²) in [5.41, 5.74) is 3.99. The van der Waals surface area contributed by atoms with E-state index in [4.69, 9.17) is 9.47 Å². The molecule has 0 saturated heterocycles. The van der Waals surface area contributed by atoms with Crippen LogP contribution in [0.2, 0.25) is 0 Å². The standard InChI is InChI=1S/C35H41N5O5S/c1-22(2)45-28-14-15-36-26(17-28)20-40-27(19-35(5,6)7)21-44-31-18-30(32-23(3)10-8-11-24(32)4)37-34(38-31)39-46(42,43)29-13-9-12-25(16-29)33(40)41/h8-18,22,27H,19-21H2,1-7H3,(H,37,38,39)/t27-/m1/s1. The third-order valence-electron chi connectivity index (χ3n) is 7.52. The Hall–Kier alpha value is -4.51. The number of pyridine rings is 1. The van der Waals surface area contributed by atoms with Crippen molar-refractivity contribution in [3.8, 4) is 22.9 Å². The molecule has 0 radical (unpaired) electrons. The summed E-state index contributed by atoms with van der Waals surface area (Å²) in [6.45, 7) is 14.4. The molecule has 46 heavy (non-hydrogen) atoms. The van der Waals surface area contributed by atoms with Gasteiger partial charge in [0.2, 0.25) is 11.8 Å². The van der Waals surface area contributed by atoms with Gasteiger partial charge in [-0.3, -0.25) is 9.78 Å². The molecule has 1 N–H and O–H groups in total. The Bertz CT molecular complexity index is 1830. The number of amides is 1. The van der Waals surface area contributed by atoms with Gasteiger partial charge >= 0.3 is 0 Å². The normalized spacial score (nSPS) is 16.5. The molecule has 10 nitrogen and oxygen atoms in total. The van der Waals surface area contributed by atoms with Gasteiger partial charge in [0.1, 0.15) is 12.4 Å². The van der Waals surface area contributed by atoms with Gasteiger partial charge in [-0.1, -0.05) is 45.0 Å². The zero-order valence-electron chi connectivity index (χ0n) is 27.4. The molecule has 3 heterocycles. The first-order chi connectivity index (χ1) is 21.7. The average Bonchev–Trinajstić information content (AvgIpc) is 2.96. The number of hydrogen-bond donors (Lipinski definition) is 1. The summed E-state index contributed by atoms with van der Waals surface area (Å²) in [4.78, 5) is 29.6. The van der Waals surface area contributed by atoms with Crippen molar-refractivity contribution in [2.24, 2.45) is 5.41 Å². The number of fused-ring (bicyclic) bond motifs is 4. The van der Waals surface area contributed by atoms with Crippen molar-refractivity contribution in [3.63, 3.8) is 0 Å². The number of nitrogens with one attached hydrogen (secondary N) is 1. The van der Waals surface area contributed by atoms with E-state index in [0.29, 0.717) is 23.6 Å². The van der Waals surface area contributed by atoms with Crippen molar-refractivity contribution >= 4 is 21.9 Å². The molecule has 11 heteroatoms. The SMILES string of the molecule is Cc1cccc(C)c1-c1cc2nc(n1)NS(=O)(=O)c1cccc(c1)C(=O)N(Cc1cc(OC(C)C)ccn1)[C@H](CC(C)(C)C)CO2. The maximum atomic E-state index is 14.4.